The maximum Gasteiger partial charge on any atom is 0.227 e. The number of anilines is 1. The number of nitrogens with zero attached hydrogens (tertiary/aromatic N) is 1. The van der Waals surface area contributed by atoms with E-state index in [1.807, 2.05) is 49.9 Å². The maximum atomic E-state index is 12.4. The molecule has 0 heterocycles. The van der Waals surface area contributed by atoms with Gasteiger partial charge in [0, 0.05) is 31.8 Å². The van der Waals surface area contributed by atoms with Gasteiger partial charge in [0.2, 0.25) is 5.91 Å². The van der Waals surface area contributed by atoms with E-state index >= 15 is 0 Å². The summed E-state index contributed by atoms with van der Waals surface area (Å²) in [4.78, 5) is 14.2. The smallest absolute Gasteiger partial charge is 0.227 e. The highest BCUT2D eigenvalue weighted by atomic mass is 16.5. The minimum Gasteiger partial charge on any atom is -0.382 e. The van der Waals surface area contributed by atoms with E-state index in [4.69, 9.17) is 10.5 Å². The van der Waals surface area contributed by atoms with Gasteiger partial charge in [-0.15, -0.1) is 0 Å². The third kappa shape index (κ3) is 4.62. The van der Waals surface area contributed by atoms with Crippen molar-refractivity contribution in [3.05, 3.63) is 29.8 Å². The Labute approximate surface area is 121 Å². The van der Waals surface area contributed by atoms with Gasteiger partial charge in [-0.25, -0.2) is 0 Å². The zero-order chi connectivity index (χ0) is 15.1. The van der Waals surface area contributed by atoms with E-state index in [9.17, 15) is 4.79 Å². The molecule has 0 aliphatic carbocycles. The van der Waals surface area contributed by atoms with Crippen LogP contribution in [0.3, 0.4) is 0 Å². The molecule has 0 saturated heterocycles. The van der Waals surface area contributed by atoms with Gasteiger partial charge in [0.1, 0.15) is 0 Å². The fourth-order valence-corrected chi connectivity index (χ4v) is 2.09. The number of benzene rings is 1. The van der Waals surface area contributed by atoms with Gasteiger partial charge in [-0.3, -0.25) is 4.79 Å². The fraction of sp³-hybridized carbons (Fsp3) is 0.562. The summed E-state index contributed by atoms with van der Waals surface area (Å²) in [5.41, 5.74) is 7.59. The molecule has 4 nitrogen and oxygen atoms in total. The van der Waals surface area contributed by atoms with Crippen LogP contribution in [0.25, 0.3) is 0 Å². The Morgan fingerprint density at radius 3 is 2.30 bits per heavy atom. The van der Waals surface area contributed by atoms with E-state index in [0.29, 0.717) is 13.0 Å². The third-order valence-corrected chi connectivity index (χ3v) is 3.40. The highest BCUT2D eigenvalue weighted by molar-refractivity contribution is 5.93. The highest BCUT2D eigenvalue weighted by Gasteiger charge is 2.19. The molecular formula is C16H26N2O2. The molecule has 0 aromatic heterocycles. The second kappa shape index (κ2) is 8.02. The number of ether oxygens (including phenoxy) is 1. The van der Waals surface area contributed by atoms with Gasteiger partial charge >= 0.3 is 0 Å². The van der Waals surface area contributed by atoms with Crippen LogP contribution in [-0.2, 0) is 16.1 Å². The van der Waals surface area contributed by atoms with Crippen LogP contribution in [0.1, 0.15) is 39.2 Å². The minimum atomic E-state index is 0.104. The molecule has 0 fully saturated rings. The van der Waals surface area contributed by atoms with Crippen molar-refractivity contribution in [2.24, 2.45) is 5.73 Å². The van der Waals surface area contributed by atoms with Gasteiger partial charge in [-0.05, 0) is 44.9 Å². The second-order valence-corrected chi connectivity index (χ2v) is 5.31. The third-order valence-electron chi connectivity index (χ3n) is 3.40. The SMILES string of the molecule is COC(C)CCC(=O)N(c1ccc(CN)cc1)C(C)C. The number of hydrogen-bond donors (Lipinski definition) is 1. The van der Waals surface area contributed by atoms with E-state index < -0.39 is 0 Å². The van der Waals surface area contributed by atoms with Crippen molar-refractivity contribution in [2.45, 2.75) is 52.3 Å². The minimum absolute atomic E-state index is 0.104. The van der Waals surface area contributed by atoms with Gasteiger partial charge < -0.3 is 15.4 Å². The number of nitrogens with two attached hydrogens (primary N) is 1. The molecule has 1 amide bonds. The molecule has 0 spiro atoms. The van der Waals surface area contributed by atoms with Crippen molar-refractivity contribution in [3.63, 3.8) is 0 Å². The van der Waals surface area contributed by atoms with Crippen molar-refractivity contribution in [1.29, 1.82) is 0 Å². The molecule has 1 unspecified atom stereocenters. The molecule has 1 aromatic carbocycles. The van der Waals surface area contributed by atoms with Gasteiger partial charge in [-0.1, -0.05) is 12.1 Å². The molecule has 0 bridgehead atoms. The number of hydrogen-bond acceptors (Lipinski definition) is 3. The van der Waals surface area contributed by atoms with Crippen molar-refractivity contribution >= 4 is 11.6 Å². The van der Waals surface area contributed by atoms with Gasteiger partial charge in [0.05, 0.1) is 6.10 Å². The lowest BCUT2D eigenvalue weighted by Crippen LogP contribution is -2.37. The lowest BCUT2D eigenvalue weighted by Gasteiger charge is -2.27. The summed E-state index contributed by atoms with van der Waals surface area (Å²) in [5, 5.41) is 0. The molecule has 1 aromatic rings. The van der Waals surface area contributed by atoms with Crippen LogP contribution in [0.2, 0.25) is 0 Å². The molecule has 4 heteroatoms. The molecule has 0 aliphatic rings. The number of carbonyl (C=O) groups is 1. The number of amides is 1. The summed E-state index contributed by atoms with van der Waals surface area (Å²) >= 11 is 0. The molecule has 1 atom stereocenters. The molecule has 2 N–H and O–H groups in total. The Hall–Kier alpha value is -1.39. The molecule has 20 heavy (non-hydrogen) atoms. The predicted octanol–water partition coefficient (Wildman–Crippen LogP) is 2.70. The van der Waals surface area contributed by atoms with Crippen molar-refractivity contribution < 1.29 is 9.53 Å². The fourth-order valence-electron chi connectivity index (χ4n) is 2.09. The van der Waals surface area contributed by atoms with Crippen LogP contribution in [0.15, 0.2) is 24.3 Å². The average Bonchev–Trinajstić information content (AvgIpc) is 2.45. The van der Waals surface area contributed by atoms with Crippen LogP contribution < -0.4 is 10.6 Å². The van der Waals surface area contributed by atoms with E-state index in [1.165, 1.54) is 0 Å². The standard InChI is InChI=1S/C16H26N2O2/c1-12(2)18(16(19)10-5-13(3)20-4)15-8-6-14(11-17)7-9-15/h6-9,12-13H,5,10-11,17H2,1-4H3. The lowest BCUT2D eigenvalue weighted by molar-refractivity contribution is -0.119. The van der Waals surface area contributed by atoms with Crippen LogP contribution in [-0.4, -0.2) is 25.2 Å². The molecule has 0 saturated carbocycles. The summed E-state index contributed by atoms with van der Waals surface area (Å²) in [6.07, 6.45) is 1.33. The summed E-state index contributed by atoms with van der Waals surface area (Å²) < 4.78 is 5.19. The lowest BCUT2D eigenvalue weighted by atomic mass is 10.1. The second-order valence-electron chi connectivity index (χ2n) is 5.31. The van der Waals surface area contributed by atoms with Crippen LogP contribution in [0.5, 0.6) is 0 Å². The first kappa shape index (κ1) is 16.7. The number of rotatable bonds is 7. The van der Waals surface area contributed by atoms with Gasteiger partial charge in [0.15, 0.2) is 0 Å². The van der Waals surface area contributed by atoms with Crippen molar-refractivity contribution in [1.82, 2.24) is 0 Å². The van der Waals surface area contributed by atoms with Crippen molar-refractivity contribution in [2.75, 3.05) is 12.0 Å². The monoisotopic (exact) mass is 278 g/mol. The predicted molar refractivity (Wildman–Crippen MR) is 82.7 cm³/mol. The van der Waals surface area contributed by atoms with Crippen LogP contribution in [0.4, 0.5) is 5.69 Å². The molecule has 1 rings (SSSR count). The van der Waals surface area contributed by atoms with Crippen molar-refractivity contribution in [3.8, 4) is 0 Å². The Bertz CT molecular complexity index is 415. The summed E-state index contributed by atoms with van der Waals surface area (Å²) in [5.74, 6) is 0.129. The van der Waals surface area contributed by atoms with E-state index in [2.05, 4.69) is 0 Å². The normalized spacial score (nSPS) is 12.5. The molecule has 0 aliphatic heterocycles. The maximum absolute atomic E-state index is 12.4. The Morgan fingerprint density at radius 1 is 1.25 bits per heavy atom. The quantitative estimate of drug-likeness (QED) is 0.834. The van der Waals surface area contributed by atoms with E-state index in [0.717, 1.165) is 17.7 Å². The van der Waals surface area contributed by atoms with Crippen LogP contribution >= 0.6 is 0 Å². The molecule has 112 valence electrons. The van der Waals surface area contributed by atoms with E-state index in [1.54, 1.807) is 7.11 Å². The average molecular weight is 278 g/mol. The number of methoxy groups -OCH3 is 1. The Balaban J connectivity index is 2.79. The number of carbonyl (C=O) groups excluding carboxylic acids is 1. The zero-order valence-corrected chi connectivity index (χ0v) is 12.9. The largest absolute Gasteiger partial charge is 0.382 e. The molecular weight excluding hydrogens is 252 g/mol. The highest BCUT2D eigenvalue weighted by Crippen LogP contribution is 2.20. The summed E-state index contributed by atoms with van der Waals surface area (Å²) in [7, 11) is 1.67. The van der Waals surface area contributed by atoms with Gasteiger partial charge in [-0.2, -0.15) is 0 Å². The summed E-state index contributed by atoms with van der Waals surface area (Å²) in [6, 6.07) is 7.98. The topological polar surface area (TPSA) is 55.6 Å². The Morgan fingerprint density at radius 2 is 1.85 bits per heavy atom. The first-order valence-corrected chi connectivity index (χ1v) is 7.13. The zero-order valence-electron chi connectivity index (χ0n) is 12.9. The first-order chi connectivity index (χ1) is 9.49. The Kier molecular flexibility index (Phi) is 6.68. The summed E-state index contributed by atoms with van der Waals surface area (Å²) in [6.45, 7) is 6.54. The van der Waals surface area contributed by atoms with E-state index in [-0.39, 0.29) is 18.1 Å². The van der Waals surface area contributed by atoms with Gasteiger partial charge in [0.25, 0.3) is 0 Å². The van der Waals surface area contributed by atoms with Crippen LogP contribution in [0, 0.1) is 0 Å². The first-order valence-electron chi connectivity index (χ1n) is 7.13. The molecule has 0 radical (unpaired) electrons.